The molecule has 1 amide bonds. The maximum atomic E-state index is 12.4. The monoisotopic (exact) mass is 311 g/mol. The van der Waals surface area contributed by atoms with Gasteiger partial charge in [0.25, 0.3) is 5.91 Å². The van der Waals surface area contributed by atoms with Crippen LogP contribution in [0.15, 0.2) is 18.2 Å². The van der Waals surface area contributed by atoms with E-state index < -0.39 is 0 Å². The van der Waals surface area contributed by atoms with Crippen molar-refractivity contribution in [3.8, 4) is 0 Å². The number of aromatic amines is 1. The Morgan fingerprint density at radius 3 is 2.78 bits per heavy atom. The molecule has 120 valence electrons. The van der Waals surface area contributed by atoms with Crippen LogP contribution in [0.25, 0.3) is 10.9 Å². The quantitative estimate of drug-likeness (QED) is 0.775. The van der Waals surface area contributed by atoms with E-state index in [1.54, 1.807) is 0 Å². The SMILES string of the molecule is Cc1ccc2[nH]nc(C(=O)NCCc3c(C)nn(C)c3C)c2c1. The van der Waals surface area contributed by atoms with Gasteiger partial charge >= 0.3 is 0 Å². The van der Waals surface area contributed by atoms with Crippen molar-refractivity contribution in [2.75, 3.05) is 6.54 Å². The molecule has 0 aliphatic heterocycles. The third-order valence-electron chi connectivity index (χ3n) is 4.25. The van der Waals surface area contributed by atoms with Gasteiger partial charge in [0.05, 0.1) is 11.2 Å². The molecule has 6 heteroatoms. The van der Waals surface area contributed by atoms with Crippen molar-refractivity contribution in [3.05, 3.63) is 46.4 Å². The average Bonchev–Trinajstić information content (AvgIpc) is 3.02. The summed E-state index contributed by atoms with van der Waals surface area (Å²) in [5.41, 5.74) is 5.77. The van der Waals surface area contributed by atoms with Gasteiger partial charge in [0, 0.05) is 24.7 Å². The first-order valence-electron chi connectivity index (χ1n) is 7.69. The normalized spacial score (nSPS) is 11.1. The van der Waals surface area contributed by atoms with E-state index in [0.29, 0.717) is 12.2 Å². The lowest BCUT2D eigenvalue weighted by Gasteiger charge is -2.05. The van der Waals surface area contributed by atoms with Gasteiger partial charge < -0.3 is 5.32 Å². The Morgan fingerprint density at radius 1 is 1.30 bits per heavy atom. The van der Waals surface area contributed by atoms with Crippen LogP contribution >= 0.6 is 0 Å². The van der Waals surface area contributed by atoms with Crippen molar-refractivity contribution in [1.29, 1.82) is 0 Å². The molecule has 2 heterocycles. The minimum atomic E-state index is -0.152. The van der Waals surface area contributed by atoms with Crippen molar-refractivity contribution < 1.29 is 4.79 Å². The largest absolute Gasteiger partial charge is 0.350 e. The van der Waals surface area contributed by atoms with E-state index in [9.17, 15) is 4.79 Å². The predicted octanol–water partition coefficient (Wildman–Crippen LogP) is 2.19. The molecule has 1 aromatic carbocycles. The molecule has 2 aromatic heterocycles. The molecule has 3 rings (SSSR count). The third kappa shape index (κ3) is 2.84. The zero-order chi connectivity index (χ0) is 16.6. The summed E-state index contributed by atoms with van der Waals surface area (Å²) in [5.74, 6) is -0.152. The molecule has 0 fully saturated rings. The molecular weight excluding hydrogens is 290 g/mol. The lowest BCUT2D eigenvalue weighted by atomic mass is 10.1. The van der Waals surface area contributed by atoms with Crippen molar-refractivity contribution in [2.24, 2.45) is 7.05 Å². The average molecular weight is 311 g/mol. The molecule has 0 saturated heterocycles. The van der Waals surface area contributed by atoms with Gasteiger partial charge in [-0.1, -0.05) is 11.6 Å². The van der Waals surface area contributed by atoms with Crippen LogP contribution in [0.5, 0.6) is 0 Å². The zero-order valence-electron chi connectivity index (χ0n) is 13.9. The van der Waals surface area contributed by atoms with E-state index in [-0.39, 0.29) is 5.91 Å². The number of aryl methyl sites for hydroxylation is 3. The molecule has 3 aromatic rings. The summed E-state index contributed by atoms with van der Waals surface area (Å²) in [6, 6.07) is 5.91. The number of amides is 1. The molecule has 0 saturated carbocycles. The first-order valence-corrected chi connectivity index (χ1v) is 7.69. The first-order chi connectivity index (χ1) is 11.0. The van der Waals surface area contributed by atoms with E-state index in [1.807, 2.05) is 50.7 Å². The predicted molar refractivity (Wildman–Crippen MR) is 89.5 cm³/mol. The van der Waals surface area contributed by atoms with Gasteiger partial charge in [-0.25, -0.2) is 0 Å². The number of aromatic nitrogens is 4. The number of nitrogens with one attached hydrogen (secondary N) is 2. The smallest absolute Gasteiger partial charge is 0.272 e. The number of benzene rings is 1. The second-order valence-electron chi connectivity index (χ2n) is 5.90. The van der Waals surface area contributed by atoms with Crippen LogP contribution in [-0.4, -0.2) is 32.4 Å². The number of hydrogen-bond acceptors (Lipinski definition) is 3. The lowest BCUT2D eigenvalue weighted by molar-refractivity contribution is 0.0950. The van der Waals surface area contributed by atoms with Crippen molar-refractivity contribution >= 4 is 16.8 Å². The summed E-state index contributed by atoms with van der Waals surface area (Å²) in [6.45, 7) is 6.60. The number of rotatable bonds is 4. The Bertz CT molecular complexity index is 875. The summed E-state index contributed by atoms with van der Waals surface area (Å²) in [4.78, 5) is 12.4. The van der Waals surface area contributed by atoms with Gasteiger partial charge in [0.15, 0.2) is 5.69 Å². The van der Waals surface area contributed by atoms with Crippen molar-refractivity contribution in [1.82, 2.24) is 25.3 Å². The molecule has 0 aliphatic rings. The Labute approximate surface area is 134 Å². The van der Waals surface area contributed by atoms with E-state index in [0.717, 1.165) is 34.3 Å². The van der Waals surface area contributed by atoms with Crippen LogP contribution in [0.2, 0.25) is 0 Å². The van der Waals surface area contributed by atoms with Gasteiger partial charge in [-0.2, -0.15) is 10.2 Å². The molecule has 2 N–H and O–H groups in total. The van der Waals surface area contributed by atoms with E-state index in [4.69, 9.17) is 0 Å². The van der Waals surface area contributed by atoms with E-state index >= 15 is 0 Å². The van der Waals surface area contributed by atoms with Gasteiger partial charge in [-0.15, -0.1) is 0 Å². The Kier molecular flexibility index (Phi) is 3.90. The summed E-state index contributed by atoms with van der Waals surface area (Å²) in [5, 5.41) is 15.3. The fraction of sp³-hybridized carbons (Fsp3) is 0.353. The second-order valence-corrected chi connectivity index (χ2v) is 5.90. The fourth-order valence-electron chi connectivity index (χ4n) is 2.86. The highest BCUT2D eigenvalue weighted by Crippen LogP contribution is 2.17. The first kappa shape index (κ1) is 15.3. The highest BCUT2D eigenvalue weighted by Gasteiger charge is 2.15. The number of hydrogen-bond donors (Lipinski definition) is 2. The summed E-state index contributed by atoms with van der Waals surface area (Å²) < 4.78 is 1.87. The number of fused-ring (bicyclic) bond motifs is 1. The Hall–Kier alpha value is -2.63. The summed E-state index contributed by atoms with van der Waals surface area (Å²) >= 11 is 0. The van der Waals surface area contributed by atoms with Gasteiger partial charge in [0.2, 0.25) is 0 Å². The fourth-order valence-corrected chi connectivity index (χ4v) is 2.86. The molecule has 0 bridgehead atoms. The van der Waals surface area contributed by atoms with Crippen LogP contribution in [-0.2, 0) is 13.5 Å². The minimum absolute atomic E-state index is 0.152. The molecule has 6 nitrogen and oxygen atoms in total. The van der Waals surface area contributed by atoms with Crippen molar-refractivity contribution in [2.45, 2.75) is 27.2 Å². The third-order valence-corrected chi connectivity index (χ3v) is 4.25. The van der Waals surface area contributed by atoms with Gasteiger partial charge in [-0.3, -0.25) is 14.6 Å². The number of carbonyl (C=O) groups is 1. The molecule has 0 unspecified atom stereocenters. The summed E-state index contributed by atoms with van der Waals surface area (Å²) in [6.07, 6.45) is 0.763. The number of nitrogens with zero attached hydrogens (tertiary/aromatic N) is 3. The number of H-pyrrole nitrogens is 1. The van der Waals surface area contributed by atoms with E-state index in [2.05, 4.69) is 20.6 Å². The Balaban J connectivity index is 1.70. The Morgan fingerprint density at radius 2 is 2.09 bits per heavy atom. The van der Waals surface area contributed by atoms with Gasteiger partial charge in [-0.05, 0) is 44.9 Å². The standard InChI is InChI=1S/C17H21N5O/c1-10-5-6-15-14(9-10)16(20-19-15)17(23)18-8-7-13-11(2)21-22(4)12(13)3/h5-6,9H,7-8H2,1-4H3,(H,18,23)(H,19,20). The van der Waals surface area contributed by atoms with Crippen LogP contribution < -0.4 is 5.32 Å². The molecule has 0 spiro atoms. The zero-order valence-corrected chi connectivity index (χ0v) is 13.9. The maximum absolute atomic E-state index is 12.4. The molecular formula is C17H21N5O. The highest BCUT2D eigenvalue weighted by atomic mass is 16.1. The molecule has 0 atom stereocenters. The number of carbonyl (C=O) groups excluding carboxylic acids is 1. The minimum Gasteiger partial charge on any atom is -0.350 e. The van der Waals surface area contributed by atoms with Crippen LogP contribution in [0, 0.1) is 20.8 Å². The maximum Gasteiger partial charge on any atom is 0.272 e. The highest BCUT2D eigenvalue weighted by molar-refractivity contribution is 6.04. The van der Waals surface area contributed by atoms with Gasteiger partial charge in [0.1, 0.15) is 0 Å². The second kappa shape index (κ2) is 5.87. The molecule has 0 radical (unpaired) electrons. The topological polar surface area (TPSA) is 75.6 Å². The summed E-state index contributed by atoms with van der Waals surface area (Å²) in [7, 11) is 1.93. The molecule has 0 aliphatic carbocycles. The van der Waals surface area contributed by atoms with Crippen LogP contribution in [0.1, 0.15) is 33.0 Å². The van der Waals surface area contributed by atoms with Crippen LogP contribution in [0.4, 0.5) is 0 Å². The van der Waals surface area contributed by atoms with Crippen molar-refractivity contribution in [3.63, 3.8) is 0 Å². The van der Waals surface area contributed by atoms with Crippen LogP contribution in [0.3, 0.4) is 0 Å². The van der Waals surface area contributed by atoms with E-state index in [1.165, 1.54) is 5.56 Å². The lowest BCUT2D eigenvalue weighted by Crippen LogP contribution is -2.26. The molecule has 23 heavy (non-hydrogen) atoms.